The van der Waals surface area contributed by atoms with Crippen LogP contribution in [0.15, 0.2) is 42.5 Å². The summed E-state index contributed by atoms with van der Waals surface area (Å²) in [5.41, 5.74) is 1.83. The number of piperidine rings is 1. The molecule has 2 saturated heterocycles. The number of methoxy groups -OCH3 is 1. The lowest BCUT2D eigenvalue weighted by atomic mass is 9.82. The van der Waals surface area contributed by atoms with Crippen LogP contribution in [0.5, 0.6) is 5.75 Å². The van der Waals surface area contributed by atoms with Crippen molar-refractivity contribution in [2.45, 2.75) is 83.6 Å². The summed E-state index contributed by atoms with van der Waals surface area (Å²) >= 11 is 0. The number of fused-ring (bicyclic) bond motifs is 1. The third kappa shape index (κ3) is 8.97. The van der Waals surface area contributed by atoms with Gasteiger partial charge < -0.3 is 34.5 Å². The number of hydrogen-bond acceptors (Lipinski definition) is 7. The van der Waals surface area contributed by atoms with Crippen molar-refractivity contribution < 1.29 is 28.1 Å². The third-order valence-corrected chi connectivity index (χ3v) is 9.62. The van der Waals surface area contributed by atoms with Crippen LogP contribution in [-0.2, 0) is 31.2 Å². The highest BCUT2D eigenvalue weighted by Gasteiger charge is 2.38. The molecule has 2 N–H and O–H groups in total. The summed E-state index contributed by atoms with van der Waals surface area (Å²) in [7, 11) is 1.72. The van der Waals surface area contributed by atoms with Crippen LogP contribution < -0.4 is 20.3 Å². The Balaban J connectivity index is 1.13. The fourth-order valence-corrected chi connectivity index (χ4v) is 6.83. The zero-order chi connectivity index (χ0) is 31.9. The minimum atomic E-state index is -0.676. The lowest BCUT2D eigenvalue weighted by Crippen LogP contribution is -2.48. The second-order valence-corrected chi connectivity index (χ2v) is 13.9. The van der Waals surface area contributed by atoms with Crippen LogP contribution in [0.2, 0.25) is 0 Å². The van der Waals surface area contributed by atoms with E-state index in [1.54, 1.807) is 19.2 Å². The topological polar surface area (TPSA) is 81.3 Å². The fourth-order valence-electron chi connectivity index (χ4n) is 6.83. The van der Waals surface area contributed by atoms with Gasteiger partial charge in [-0.1, -0.05) is 32.0 Å². The van der Waals surface area contributed by atoms with Crippen molar-refractivity contribution in [3.05, 3.63) is 59.4 Å². The van der Waals surface area contributed by atoms with Crippen LogP contribution in [0.4, 0.5) is 10.1 Å². The van der Waals surface area contributed by atoms with E-state index in [1.807, 2.05) is 19.1 Å². The van der Waals surface area contributed by atoms with Gasteiger partial charge in [0.2, 0.25) is 5.91 Å². The highest BCUT2D eigenvalue weighted by atomic mass is 19.1. The number of rotatable bonds is 13. The predicted octanol–water partition coefficient (Wildman–Crippen LogP) is 5.57. The molecule has 3 aliphatic heterocycles. The number of nitrogens with one attached hydrogen (secondary N) is 2. The van der Waals surface area contributed by atoms with Gasteiger partial charge in [-0.25, -0.2) is 4.39 Å². The average molecular weight is 626 g/mol. The maximum atomic E-state index is 14.1. The largest absolute Gasteiger partial charge is 0.479 e. The van der Waals surface area contributed by atoms with Crippen molar-refractivity contribution in [1.29, 1.82) is 0 Å². The molecule has 3 aliphatic rings. The second kappa shape index (κ2) is 15.2. The van der Waals surface area contributed by atoms with Gasteiger partial charge in [0.1, 0.15) is 17.2 Å². The maximum Gasteiger partial charge on any atom is 0.225 e. The van der Waals surface area contributed by atoms with Crippen LogP contribution in [0.3, 0.4) is 0 Å². The Hall–Kier alpha value is -2.72. The van der Waals surface area contributed by atoms with Crippen LogP contribution >= 0.6 is 0 Å². The molecular formula is C36H52FN3O5. The smallest absolute Gasteiger partial charge is 0.225 e. The molecule has 0 aliphatic carbocycles. The Morgan fingerprint density at radius 2 is 1.98 bits per heavy atom. The monoisotopic (exact) mass is 625 g/mol. The first-order valence-electron chi connectivity index (χ1n) is 16.7. The summed E-state index contributed by atoms with van der Waals surface area (Å²) in [6.45, 7) is 11.8. The molecule has 0 radical (unpaired) electrons. The number of nitrogens with zero attached hydrogens (tertiary/aromatic N) is 1. The molecule has 248 valence electrons. The molecule has 0 bridgehead atoms. The van der Waals surface area contributed by atoms with Gasteiger partial charge in [-0.05, 0) is 86.8 Å². The molecule has 1 amide bonds. The number of benzene rings is 2. The molecule has 8 nitrogen and oxygen atoms in total. The molecule has 9 heteroatoms. The summed E-state index contributed by atoms with van der Waals surface area (Å²) in [4.78, 5) is 15.3. The van der Waals surface area contributed by atoms with Crippen LogP contribution in [0.1, 0.15) is 70.4 Å². The second-order valence-electron chi connectivity index (χ2n) is 13.9. The van der Waals surface area contributed by atoms with E-state index in [0.29, 0.717) is 31.7 Å². The molecule has 0 aromatic heterocycles. The lowest BCUT2D eigenvalue weighted by molar-refractivity contribution is -0.130. The number of halogens is 1. The zero-order valence-electron chi connectivity index (χ0n) is 27.5. The normalized spacial score (nSPS) is 24.2. The summed E-state index contributed by atoms with van der Waals surface area (Å²) in [6, 6.07) is 13.2. The predicted molar refractivity (Wildman–Crippen MR) is 174 cm³/mol. The Kier molecular flexibility index (Phi) is 11.4. The molecule has 0 saturated carbocycles. The number of carbonyl (C=O) groups excluding carboxylic acids is 1. The van der Waals surface area contributed by atoms with Crippen molar-refractivity contribution in [3.8, 4) is 5.75 Å². The van der Waals surface area contributed by atoms with Crippen molar-refractivity contribution >= 4 is 11.6 Å². The fraction of sp³-hybridized carbons (Fsp3) is 0.639. The Morgan fingerprint density at radius 3 is 2.71 bits per heavy atom. The molecule has 3 heterocycles. The van der Waals surface area contributed by atoms with E-state index in [0.717, 1.165) is 93.9 Å². The number of anilines is 1. The summed E-state index contributed by atoms with van der Waals surface area (Å²) in [6.07, 6.45) is 5.78. The van der Waals surface area contributed by atoms with Gasteiger partial charge >= 0.3 is 0 Å². The SMILES string of the molecule is COCCCN1C[C@](C)(c2cccc(F)c2)Oc2ccc(CO[C@@H]3CC[C@@H](CC(C)(C)C(=O)NCC4CCOCC4)NC3)cc21. The molecule has 2 fully saturated rings. The van der Waals surface area contributed by atoms with Gasteiger partial charge in [0, 0.05) is 58.0 Å². The molecule has 0 unspecified atom stereocenters. The quantitative estimate of drug-likeness (QED) is 0.282. The Morgan fingerprint density at radius 1 is 1.16 bits per heavy atom. The highest BCUT2D eigenvalue weighted by Crippen LogP contribution is 2.42. The van der Waals surface area contributed by atoms with Gasteiger partial charge in [-0.3, -0.25) is 4.79 Å². The minimum Gasteiger partial charge on any atom is -0.479 e. The summed E-state index contributed by atoms with van der Waals surface area (Å²) in [5.74, 6) is 1.18. The van der Waals surface area contributed by atoms with Gasteiger partial charge in [0.25, 0.3) is 0 Å². The Bertz CT molecular complexity index is 1260. The van der Waals surface area contributed by atoms with Crippen molar-refractivity contribution in [2.75, 3.05) is 58.0 Å². The molecule has 2 aromatic carbocycles. The molecule has 5 rings (SSSR count). The highest BCUT2D eigenvalue weighted by molar-refractivity contribution is 5.81. The number of ether oxygens (including phenoxy) is 4. The maximum absolute atomic E-state index is 14.1. The van der Waals surface area contributed by atoms with E-state index in [2.05, 4.69) is 41.5 Å². The van der Waals surface area contributed by atoms with Crippen molar-refractivity contribution in [1.82, 2.24) is 10.6 Å². The van der Waals surface area contributed by atoms with Crippen LogP contribution in [0, 0.1) is 17.2 Å². The first-order valence-corrected chi connectivity index (χ1v) is 16.7. The van der Waals surface area contributed by atoms with Crippen molar-refractivity contribution in [3.63, 3.8) is 0 Å². The van der Waals surface area contributed by atoms with Gasteiger partial charge in [-0.15, -0.1) is 0 Å². The summed E-state index contributed by atoms with van der Waals surface area (Å²) in [5, 5.41) is 6.85. The van der Waals surface area contributed by atoms with Gasteiger partial charge in [0.05, 0.1) is 24.9 Å². The molecule has 2 aromatic rings. The van der Waals surface area contributed by atoms with E-state index >= 15 is 0 Å². The molecule has 45 heavy (non-hydrogen) atoms. The molecule has 0 spiro atoms. The van der Waals surface area contributed by atoms with Crippen LogP contribution in [0.25, 0.3) is 0 Å². The van der Waals surface area contributed by atoms with Crippen LogP contribution in [-0.4, -0.2) is 71.2 Å². The number of amides is 1. The van der Waals surface area contributed by atoms with E-state index in [1.165, 1.54) is 6.07 Å². The number of carbonyl (C=O) groups is 1. The van der Waals surface area contributed by atoms with Crippen molar-refractivity contribution in [2.24, 2.45) is 11.3 Å². The molecular weight excluding hydrogens is 573 g/mol. The third-order valence-electron chi connectivity index (χ3n) is 9.62. The number of hydrogen-bond donors (Lipinski definition) is 2. The van der Waals surface area contributed by atoms with Gasteiger partial charge in [0.15, 0.2) is 0 Å². The standard InChI is InChI=1S/C36H52FN3O5/c1-35(2,34(41)39-22-26-13-17-43-18-14-26)21-30-10-11-31(23-38-30)44-24-27-9-12-33-32(19-27)40(15-6-16-42-4)25-36(3,45-33)28-7-5-8-29(37)20-28/h5,7-9,12,19-20,26,30-31,38H,6,10-11,13-18,21-25H2,1-4H3,(H,39,41)/t30-,31+,36+/m0/s1. The lowest BCUT2D eigenvalue weighted by Gasteiger charge is -2.43. The first kappa shape index (κ1) is 33.6. The first-order chi connectivity index (χ1) is 21.6. The minimum absolute atomic E-state index is 0.119. The zero-order valence-corrected chi connectivity index (χ0v) is 27.5. The Labute approximate surface area is 268 Å². The van der Waals surface area contributed by atoms with E-state index in [9.17, 15) is 9.18 Å². The summed E-state index contributed by atoms with van der Waals surface area (Å²) < 4.78 is 37.8. The van der Waals surface area contributed by atoms with E-state index in [4.69, 9.17) is 18.9 Å². The van der Waals surface area contributed by atoms with Gasteiger partial charge in [-0.2, -0.15) is 0 Å². The van der Waals surface area contributed by atoms with E-state index < -0.39 is 11.0 Å². The van der Waals surface area contributed by atoms with E-state index in [-0.39, 0.29) is 17.8 Å². The average Bonchev–Trinajstić information content (AvgIpc) is 3.04. The molecule has 3 atom stereocenters.